The van der Waals surface area contributed by atoms with Gasteiger partial charge in [0.05, 0.1) is 11.8 Å². The average molecular weight is 363 g/mol. The first-order chi connectivity index (χ1) is 9.29. The van der Waals surface area contributed by atoms with Crippen molar-refractivity contribution in [1.29, 1.82) is 0 Å². The molecule has 1 amide bonds. The molecule has 20 heavy (non-hydrogen) atoms. The number of benzene rings is 1. The fourth-order valence-corrected chi connectivity index (χ4v) is 3.25. The third kappa shape index (κ3) is 3.31. The van der Waals surface area contributed by atoms with Crippen LogP contribution in [0.4, 0.5) is 0 Å². The number of amides is 1. The summed E-state index contributed by atoms with van der Waals surface area (Å²) in [4.78, 5) is 13.8. The molecule has 0 radical (unpaired) electrons. The number of hydrogen-bond acceptors (Lipinski definition) is 4. The summed E-state index contributed by atoms with van der Waals surface area (Å²) in [6.45, 7) is 1.20. The van der Waals surface area contributed by atoms with Crippen LogP contribution in [0.15, 0.2) is 22.7 Å². The Bertz CT molecular complexity index is 624. The van der Waals surface area contributed by atoms with Crippen LogP contribution in [0.1, 0.15) is 10.4 Å². The summed E-state index contributed by atoms with van der Waals surface area (Å²) >= 11 is 3.21. The van der Waals surface area contributed by atoms with Crippen LogP contribution >= 0.6 is 15.9 Å². The predicted octanol–water partition coefficient (Wildman–Crippen LogP) is 0.872. The monoisotopic (exact) mass is 362 g/mol. The summed E-state index contributed by atoms with van der Waals surface area (Å²) in [6.07, 6.45) is 1.16. The van der Waals surface area contributed by atoms with E-state index >= 15 is 0 Å². The number of phenols is 1. The molecule has 2 rings (SSSR count). The molecule has 0 saturated carbocycles. The zero-order valence-electron chi connectivity index (χ0n) is 10.9. The molecule has 0 spiro atoms. The third-order valence-corrected chi connectivity index (χ3v) is 4.98. The Morgan fingerprint density at radius 3 is 2.35 bits per heavy atom. The second-order valence-corrected chi connectivity index (χ2v) is 7.51. The third-order valence-electron chi connectivity index (χ3n) is 3.19. The molecule has 1 saturated heterocycles. The Kier molecular flexibility index (Phi) is 4.36. The minimum atomic E-state index is -3.21. The van der Waals surface area contributed by atoms with Crippen molar-refractivity contribution in [3.05, 3.63) is 28.2 Å². The SMILES string of the molecule is CS(=O)(=O)N1CCN(C(=O)c2ccc(Br)cc2O)CC1. The number of aromatic hydroxyl groups is 1. The lowest BCUT2D eigenvalue weighted by atomic mass is 10.1. The first-order valence-electron chi connectivity index (χ1n) is 6.02. The lowest BCUT2D eigenvalue weighted by Gasteiger charge is -2.33. The topological polar surface area (TPSA) is 77.9 Å². The summed E-state index contributed by atoms with van der Waals surface area (Å²) < 4.78 is 24.8. The number of phenolic OH excluding ortho intramolecular Hbond substituents is 1. The standard InChI is InChI=1S/C12H15BrN2O4S/c1-20(18,19)15-6-4-14(5-7-15)12(17)10-3-2-9(13)8-11(10)16/h2-3,8,16H,4-7H2,1H3. The van der Waals surface area contributed by atoms with E-state index in [1.54, 1.807) is 17.0 Å². The number of piperazine rings is 1. The molecule has 110 valence electrons. The largest absolute Gasteiger partial charge is 0.507 e. The maximum Gasteiger partial charge on any atom is 0.257 e. The fourth-order valence-electron chi connectivity index (χ4n) is 2.08. The van der Waals surface area contributed by atoms with Gasteiger partial charge < -0.3 is 10.0 Å². The minimum absolute atomic E-state index is 0.0880. The summed E-state index contributed by atoms with van der Waals surface area (Å²) in [6, 6.07) is 4.68. The van der Waals surface area contributed by atoms with Gasteiger partial charge in [-0.15, -0.1) is 0 Å². The van der Waals surface area contributed by atoms with Crippen LogP contribution in [-0.4, -0.2) is 61.1 Å². The zero-order valence-corrected chi connectivity index (χ0v) is 13.3. The zero-order chi connectivity index (χ0) is 14.9. The smallest absolute Gasteiger partial charge is 0.257 e. The molecule has 0 aliphatic carbocycles. The van der Waals surface area contributed by atoms with Gasteiger partial charge in [-0.05, 0) is 18.2 Å². The number of halogens is 1. The van der Waals surface area contributed by atoms with E-state index in [-0.39, 0.29) is 30.3 Å². The van der Waals surface area contributed by atoms with Gasteiger partial charge in [0.2, 0.25) is 10.0 Å². The Morgan fingerprint density at radius 1 is 1.25 bits per heavy atom. The van der Waals surface area contributed by atoms with Gasteiger partial charge >= 0.3 is 0 Å². The summed E-state index contributed by atoms with van der Waals surface area (Å²) in [7, 11) is -3.21. The van der Waals surface area contributed by atoms with E-state index in [4.69, 9.17) is 0 Å². The van der Waals surface area contributed by atoms with Gasteiger partial charge in [0.15, 0.2) is 0 Å². The molecule has 1 aromatic rings. The van der Waals surface area contributed by atoms with Crippen molar-refractivity contribution in [3.63, 3.8) is 0 Å². The molecule has 1 N–H and O–H groups in total. The number of sulfonamides is 1. The van der Waals surface area contributed by atoms with Crippen LogP contribution in [0, 0.1) is 0 Å². The average Bonchev–Trinajstić information content (AvgIpc) is 2.37. The summed E-state index contributed by atoms with van der Waals surface area (Å²) in [5.74, 6) is -0.377. The second kappa shape index (κ2) is 5.71. The van der Waals surface area contributed by atoms with Gasteiger partial charge in [-0.1, -0.05) is 15.9 Å². The van der Waals surface area contributed by atoms with Crippen molar-refractivity contribution >= 4 is 31.9 Å². The lowest BCUT2D eigenvalue weighted by molar-refractivity contribution is 0.0695. The van der Waals surface area contributed by atoms with Crippen molar-refractivity contribution < 1.29 is 18.3 Å². The van der Waals surface area contributed by atoms with Gasteiger partial charge in [-0.3, -0.25) is 4.79 Å². The number of rotatable bonds is 2. The quantitative estimate of drug-likeness (QED) is 0.846. The molecule has 1 aliphatic heterocycles. The Morgan fingerprint density at radius 2 is 1.85 bits per heavy atom. The van der Waals surface area contributed by atoms with Gasteiger partial charge in [-0.2, -0.15) is 4.31 Å². The van der Waals surface area contributed by atoms with Crippen molar-refractivity contribution in [3.8, 4) is 5.75 Å². The van der Waals surface area contributed by atoms with Gasteiger partial charge in [0, 0.05) is 30.7 Å². The normalized spacial score (nSPS) is 17.2. The van der Waals surface area contributed by atoms with Crippen LogP contribution < -0.4 is 0 Å². The maximum atomic E-state index is 12.3. The highest BCUT2D eigenvalue weighted by molar-refractivity contribution is 9.10. The first-order valence-corrected chi connectivity index (χ1v) is 8.66. The van der Waals surface area contributed by atoms with Gasteiger partial charge in [0.25, 0.3) is 5.91 Å². The van der Waals surface area contributed by atoms with Crippen molar-refractivity contribution in [2.45, 2.75) is 0 Å². The van der Waals surface area contributed by atoms with E-state index in [1.807, 2.05) is 0 Å². The second-order valence-electron chi connectivity index (χ2n) is 4.62. The fraction of sp³-hybridized carbons (Fsp3) is 0.417. The highest BCUT2D eigenvalue weighted by Gasteiger charge is 2.27. The molecule has 0 unspecified atom stereocenters. The predicted molar refractivity (Wildman–Crippen MR) is 78.1 cm³/mol. The Hall–Kier alpha value is -1.12. The van der Waals surface area contributed by atoms with Crippen LogP contribution in [0.3, 0.4) is 0 Å². The van der Waals surface area contributed by atoms with E-state index < -0.39 is 10.0 Å². The van der Waals surface area contributed by atoms with Crippen LogP contribution in [0.25, 0.3) is 0 Å². The molecule has 6 nitrogen and oxygen atoms in total. The molecule has 1 aromatic carbocycles. The molecule has 1 heterocycles. The van der Waals surface area contributed by atoms with E-state index in [1.165, 1.54) is 10.4 Å². The number of hydrogen-bond donors (Lipinski definition) is 1. The molecule has 0 bridgehead atoms. The van der Waals surface area contributed by atoms with Crippen molar-refractivity contribution in [1.82, 2.24) is 9.21 Å². The highest BCUT2D eigenvalue weighted by Crippen LogP contribution is 2.24. The number of nitrogens with zero attached hydrogens (tertiary/aromatic N) is 2. The van der Waals surface area contributed by atoms with E-state index in [0.717, 1.165) is 6.26 Å². The molecule has 0 aromatic heterocycles. The van der Waals surface area contributed by atoms with Crippen LogP contribution in [0.2, 0.25) is 0 Å². The first kappa shape index (κ1) is 15.3. The van der Waals surface area contributed by atoms with E-state index in [2.05, 4.69) is 15.9 Å². The summed E-state index contributed by atoms with van der Waals surface area (Å²) in [5, 5.41) is 9.79. The van der Waals surface area contributed by atoms with Crippen molar-refractivity contribution in [2.75, 3.05) is 32.4 Å². The maximum absolute atomic E-state index is 12.3. The molecular weight excluding hydrogens is 348 g/mol. The lowest BCUT2D eigenvalue weighted by Crippen LogP contribution is -2.50. The molecular formula is C12H15BrN2O4S. The van der Waals surface area contributed by atoms with Crippen LogP contribution in [-0.2, 0) is 10.0 Å². The van der Waals surface area contributed by atoms with Crippen molar-refractivity contribution in [2.24, 2.45) is 0 Å². The Labute approximate surface area is 126 Å². The van der Waals surface area contributed by atoms with E-state index in [9.17, 15) is 18.3 Å². The van der Waals surface area contributed by atoms with Gasteiger partial charge in [-0.25, -0.2) is 8.42 Å². The minimum Gasteiger partial charge on any atom is -0.507 e. The molecule has 1 aliphatic rings. The van der Waals surface area contributed by atoms with Gasteiger partial charge in [0.1, 0.15) is 5.75 Å². The van der Waals surface area contributed by atoms with Crippen LogP contribution in [0.5, 0.6) is 5.75 Å². The summed E-state index contributed by atoms with van der Waals surface area (Å²) in [5.41, 5.74) is 0.223. The highest BCUT2D eigenvalue weighted by atomic mass is 79.9. The molecule has 1 fully saturated rings. The number of carbonyl (C=O) groups is 1. The Balaban J connectivity index is 2.09. The molecule has 8 heteroatoms. The van der Waals surface area contributed by atoms with E-state index in [0.29, 0.717) is 17.6 Å². The molecule has 0 atom stereocenters. The number of carbonyl (C=O) groups excluding carboxylic acids is 1.